The maximum absolute atomic E-state index is 12.3. The molecule has 5 nitrogen and oxygen atoms in total. The monoisotopic (exact) mass is 363 g/mol. The molecule has 1 aliphatic rings. The first-order valence-electron chi connectivity index (χ1n) is 8.95. The Hall–Kier alpha value is -3.21. The molecule has 1 atom stereocenters. The molecule has 2 heterocycles. The lowest BCUT2D eigenvalue weighted by Crippen LogP contribution is -2.24. The van der Waals surface area contributed by atoms with E-state index < -0.39 is 0 Å². The molecule has 1 unspecified atom stereocenters. The molecule has 1 amide bonds. The fourth-order valence-corrected chi connectivity index (χ4v) is 3.25. The van der Waals surface area contributed by atoms with E-state index in [0.29, 0.717) is 17.1 Å². The maximum Gasteiger partial charge on any atom is 0.244 e. The molecule has 0 saturated heterocycles. The van der Waals surface area contributed by atoms with Crippen molar-refractivity contribution in [1.29, 1.82) is 0 Å². The Morgan fingerprint density at radius 3 is 3.00 bits per heavy atom. The number of para-hydroxylation sites is 1. The summed E-state index contributed by atoms with van der Waals surface area (Å²) in [5.74, 6) is 2.13. The van der Waals surface area contributed by atoms with E-state index in [9.17, 15) is 4.79 Å². The number of rotatable bonds is 5. The van der Waals surface area contributed by atoms with Gasteiger partial charge >= 0.3 is 0 Å². The van der Waals surface area contributed by atoms with Crippen LogP contribution >= 0.6 is 0 Å². The van der Waals surface area contributed by atoms with E-state index in [2.05, 4.69) is 11.4 Å². The summed E-state index contributed by atoms with van der Waals surface area (Å²) in [7, 11) is 1.61. The lowest BCUT2D eigenvalue weighted by atomic mass is 10.1. The number of ether oxygens (including phenoxy) is 2. The first-order chi connectivity index (χ1) is 13.1. The maximum atomic E-state index is 12.3. The van der Waals surface area contributed by atoms with Gasteiger partial charge in [-0.05, 0) is 48.4 Å². The zero-order chi connectivity index (χ0) is 18.8. The molecule has 0 radical (unpaired) electrons. The van der Waals surface area contributed by atoms with Crippen LogP contribution in [-0.4, -0.2) is 19.6 Å². The number of hydrogen-bond acceptors (Lipinski definition) is 4. The zero-order valence-electron chi connectivity index (χ0n) is 15.3. The lowest BCUT2D eigenvalue weighted by Gasteiger charge is -2.09. The van der Waals surface area contributed by atoms with Crippen molar-refractivity contribution in [3.8, 4) is 11.5 Å². The fraction of sp³-hybridized carbons (Fsp3) is 0.227. The largest absolute Gasteiger partial charge is 0.493 e. The highest BCUT2D eigenvalue weighted by Gasteiger charge is 2.15. The number of nitrogens with one attached hydrogen (secondary N) is 1. The standard InChI is InChI=1S/C22H21NO4/c1-14(20-13-17-4-3-5-19(25-2)22(17)27-20)23-21(24)9-7-15-6-8-18-16(12-15)10-11-26-18/h3-9,12-14H,10-11H2,1-2H3,(H,23,24)/b9-7+. The number of benzene rings is 2. The van der Waals surface area contributed by atoms with Gasteiger partial charge in [0.2, 0.25) is 5.91 Å². The minimum atomic E-state index is -0.257. The number of furan rings is 1. The topological polar surface area (TPSA) is 60.7 Å². The number of carbonyl (C=O) groups is 1. The molecule has 4 rings (SSSR count). The summed E-state index contributed by atoms with van der Waals surface area (Å²) in [4.78, 5) is 12.3. The third-order valence-electron chi connectivity index (χ3n) is 4.67. The Balaban J connectivity index is 1.44. The van der Waals surface area contributed by atoms with E-state index in [4.69, 9.17) is 13.9 Å². The van der Waals surface area contributed by atoms with Crippen molar-refractivity contribution >= 4 is 23.0 Å². The minimum Gasteiger partial charge on any atom is -0.493 e. The Labute approximate surface area is 157 Å². The quantitative estimate of drug-likeness (QED) is 0.688. The molecule has 1 aromatic heterocycles. The van der Waals surface area contributed by atoms with Gasteiger partial charge in [-0.3, -0.25) is 4.79 Å². The molecule has 27 heavy (non-hydrogen) atoms. The van der Waals surface area contributed by atoms with Crippen molar-refractivity contribution in [2.45, 2.75) is 19.4 Å². The minimum absolute atomic E-state index is 0.174. The van der Waals surface area contributed by atoms with Crippen LogP contribution in [0.4, 0.5) is 0 Å². The van der Waals surface area contributed by atoms with Gasteiger partial charge in [-0.25, -0.2) is 0 Å². The average molecular weight is 363 g/mol. The van der Waals surface area contributed by atoms with Gasteiger partial charge in [-0.1, -0.05) is 18.2 Å². The number of methoxy groups -OCH3 is 1. The Bertz CT molecular complexity index is 1020. The van der Waals surface area contributed by atoms with Crippen molar-refractivity contribution in [3.05, 3.63) is 65.4 Å². The predicted octanol–water partition coefficient (Wildman–Crippen LogP) is 4.27. The highest BCUT2D eigenvalue weighted by molar-refractivity contribution is 5.92. The normalized spacial score (nSPS) is 14.1. The molecule has 0 bridgehead atoms. The van der Waals surface area contributed by atoms with E-state index in [0.717, 1.165) is 29.7 Å². The molecule has 1 N–H and O–H groups in total. The van der Waals surface area contributed by atoms with Crippen LogP contribution in [0.5, 0.6) is 11.5 Å². The number of fused-ring (bicyclic) bond motifs is 2. The first-order valence-corrected chi connectivity index (χ1v) is 8.95. The molecule has 5 heteroatoms. The summed E-state index contributed by atoms with van der Waals surface area (Å²) in [6.07, 6.45) is 4.26. The average Bonchev–Trinajstić information content (AvgIpc) is 3.32. The van der Waals surface area contributed by atoms with Gasteiger partial charge in [0, 0.05) is 17.9 Å². The third kappa shape index (κ3) is 3.53. The Morgan fingerprint density at radius 1 is 1.26 bits per heavy atom. The predicted molar refractivity (Wildman–Crippen MR) is 104 cm³/mol. The third-order valence-corrected chi connectivity index (χ3v) is 4.67. The van der Waals surface area contributed by atoms with Gasteiger partial charge in [0.25, 0.3) is 0 Å². The van der Waals surface area contributed by atoms with Crippen LogP contribution < -0.4 is 14.8 Å². The summed E-state index contributed by atoms with van der Waals surface area (Å²) >= 11 is 0. The second-order valence-corrected chi connectivity index (χ2v) is 6.56. The van der Waals surface area contributed by atoms with Gasteiger partial charge in [-0.2, -0.15) is 0 Å². The summed E-state index contributed by atoms with van der Waals surface area (Å²) in [5, 5.41) is 3.88. The Kier molecular flexibility index (Phi) is 4.59. The first kappa shape index (κ1) is 17.2. The van der Waals surface area contributed by atoms with Crippen molar-refractivity contribution in [2.75, 3.05) is 13.7 Å². The highest BCUT2D eigenvalue weighted by atomic mass is 16.5. The molecule has 0 spiro atoms. The summed E-state index contributed by atoms with van der Waals surface area (Å²) in [6.45, 7) is 2.62. The van der Waals surface area contributed by atoms with E-state index in [1.54, 1.807) is 7.11 Å². The SMILES string of the molecule is COc1cccc2cc(C(C)NC(=O)/C=C/c3ccc4c(c3)CCO4)oc12. The number of amides is 1. The van der Waals surface area contributed by atoms with Crippen LogP contribution in [0.1, 0.15) is 29.9 Å². The molecule has 1 aliphatic heterocycles. The summed E-state index contributed by atoms with van der Waals surface area (Å²) in [6, 6.07) is 13.3. The molecule has 3 aromatic rings. The Morgan fingerprint density at radius 2 is 2.15 bits per heavy atom. The molecule has 0 aliphatic carbocycles. The van der Waals surface area contributed by atoms with Gasteiger partial charge in [0.1, 0.15) is 11.5 Å². The molecule has 0 saturated carbocycles. The van der Waals surface area contributed by atoms with Crippen LogP contribution in [0.15, 0.2) is 53.0 Å². The van der Waals surface area contributed by atoms with Gasteiger partial charge in [0.15, 0.2) is 11.3 Å². The van der Waals surface area contributed by atoms with Gasteiger partial charge < -0.3 is 19.2 Å². The van der Waals surface area contributed by atoms with Crippen LogP contribution in [0.2, 0.25) is 0 Å². The van der Waals surface area contributed by atoms with E-state index in [-0.39, 0.29) is 11.9 Å². The smallest absolute Gasteiger partial charge is 0.244 e. The van der Waals surface area contributed by atoms with Gasteiger partial charge in [-0.15, -0.1) is 0 Å². The summed E-state index contributed by atoms with van der Waals surface area (Å²) < 4.78 is 16.7. The van der Waals surface area contributed by atoms with Crippen molar-refractivity contribution in [1.82, 2.24) is 5.32 Å². The van der Waals surface area contributed by atoms with Crippen molar-refractivity contribution < 1.29 is 18.7 Å². The zero-order valence-corrected chi connectivity index (χ0v) is 15.3. The lowest BCUT2D eigenvalue weighted by molar-refractivity contribution is -0.117. The van der Waals surface area contributed by atoms with Crippen LogP contribution in [0.25, 0.3) is 17.0 Å². The second kappa shape index (κ2) is 7.19. The summed E-state index contributed by atoms with van der Waals surface area (Å²) in [5.41, 5.74) is 2.85. The number of hydrogen-bond donors (Lipinski definition) is 1. The molecule has 0 fully saturated rings. The second-order valence-electron chi connectivity index (χ2n) is 6.56. The van der Waals surface area contributed by atoms with Crippen LogP contribution in [0.3, 0.4) is 0 Å². The molecular weight excluding hydrogens is 342 g/mol. The van der Waals surface area contributed by atoms with Crippen molar-refractivity contribution in [3.63, 3.8) is 0 Å². The van der Waals surface area contributed by atoms with E-state index >= 15 is 0 Å². The highest BCUT2D eigenvalue weighted by Crippen LogP contribution is 2.31. The molecule has 138 valence electrons. The molecule has 2 aromatic carbocycles. The van der Waals surface area contributed by atoms with Gasteiger partial charge in [0.05, 0.1) is 19.8 Å². The fourth-order valence-electron chi connectivity index (χ4n) is 3.25. The molecular formula is C22H21NO4. The van der Waals surface area contributed by atoms with Crippen LogP contribution in [0, 0.1) is 0 Å². The van der Waals surface area contributed by atoms with E-state index in [1.807, 2.05) is 49.4 Å². The van der Waals surface area contributed by atoms with E-state index in [1.165, 1.54) is 11.6 Å². The van der Waals surface area contributed by atoms with Crippen molar-refractivity contribution in [2.24, 2.45) is 0 Å². The number of carbonyl (C=O) groups excluding carboxylic acids is 1. The van der Waals surface area contributed by atoms with Crippen LogP contribution in [-0.2, 0) is 11.2 Å².